The zero-order chi connectivity index (χ0) is 11.4. The summed E-state index contributed by atoms with van der Waals surface area (Å²) in [5, 5.41) is 9.17. The Hall–Kier alpha value is -0.180. The molecule has 0 saturated carbocycles. The molecule has 1 atom stereocenters. The maximum absolute atomic E-state index is 11.1. The quantitative estimate of drug-likeness (QED) is 0.743. The van der Waals surface area contributed by atoms with Crippen molar-refractivity contribution in [1.29, 1.82) is 0 Å². The van der Waals surface area contributed by atoms with Crippen LogP contribution in [-0.4, -0.2) is 21.6 Å². The first-order valence-electron chi connectivity index (χ1n) is 5.15. The first-order valence-corrected chi connectivity index (χ1v) is 6.14. The van der Waals surface area contributed by atoms with Gasteiger partial charge in [0, 0.05) is 0 Å². The van der Waals surface area contributed by atoms with E-state index < -0.39 is 10.7 Å². The molecule has 0 aliphatic heterocycles. The van der Waals surface area contributed by atoms with Gasteiger partial charge in [-0.3, -0.25) is 4.79 Å². The number of carboxylic acid groups (broad SMARTS) is 1. The smallest absolute Gasteiger partial charge is 0.319 e. The molecule has 0 aliphatic carbocycles. The van der Waals surface area contributed by atoms with Gasteiger partial charge in [-0.25, -0.2) is 0 Å². The molecule has 0 aromatic carbocycles. The zero-order valence-corrected chi connectivity index (χ0v) is 10.6. The van der Waals surface area contributed by atoms with E-state index in [9.17, 15) is 9.90 Å². The van der Waals surface area contributed by atoms with Gasteiger partial charge in [-0.15, -0.1) is 11.8 Å². The van der Waals surface area contributed by atoms with Crippen LogP contribution in [-0.2, 0) is 4.79 Å². The van der Waals surface area contributed by atoms with Gasteiger partial charge < -0.3 is 5.11 Å². The van der Waals surface area contributed by atoms with Crippen molar-refractivity contribution in [2.24, 2.45) is 11.8 Å². The molecule has 0 fully saturated rings. The van der Waals surface area contributed by atoms with E-state index in [0.29, 0.717) is 11.8 Å². The van der Waals surface area contributed by atoms with Crippen LogP contribution in [0, 0.1) is 11.8 Å². The Morgan fingerprint density at radius 1 is 1.29 bits per heavy atom. The van der Waals surface area contributed by atoms with E-state index in [-0.39, 0.29) is 0 Å². The Bertz CT molecular complexity index is 190. The maximum Gasteiger partial charge on any atom is 0.319 e. The molecule has 0 radical (unpaired) electrons. The fraction of sp³-hybridized carbons (Fsp3) is 0.909. The number of hydrogen-bond acceptors (Lipinski definition) is 2. The monoisotopic (exact) mass is 218 g/mol. The summed E-state index contributed by atoms with van der Waals surface area (Å²) in [4.78, 5) is 11.1. The minimum absolute atomic E-state index is 0.427. The maximum atomic E-state index is 11.1. The standard InChI is InChI=1S/C11H22O2S/c1-8(2)6-11(5,10(12)13)14-7-9(3)4/h8-9H,6-7H2,1-5H3,(H,12,13). The highest BCUT2D eigenvalue weighted by molar-refractivity contribution is 8.01. The second-order valence-electron chi connectivity index (χ2n) is 4.84. The number of hydrogen-bond donors (Lipinski definition) is 1. The molecule has 0 aliphatic rings. The third-order valence-corrected chi connectivity index (χ3v) is 3.80. The Kier molecular flexibility index (Phi) is 5.57. The van der Waals surface area contributed by atoms with Crippen LogP contribution in [0.15, 0.2) is 0 Å². The lowest BCUT2D eigenvalue weighted by Gasteiger charge is -2.26. The van der Waals surface area contributed by atoms with Gasteiger partial charge in [0.25, 0.3) is 0 Å². The second kappa shape index (κ2) is 5.64. The van der Waals surface area contributed by atoms with Gasteiger partial charge >= 0.3 is 5.97 Å². The van der Waals surface area contributed by atoms with Gasteiger partial charge in [-0.05, 0) is 30.9 Å². The number of aliphatic carboxylic acids is 1. The highest BCUT2D eigenvalue weighted by atomic mass is 32.2. The van der Waals surface area contributed by atoms with Crippen LogP contribution in [0.3, 0.4) is 0 Å². The molecule has 84 valence electrons. The molecule has 0 saturated heterocycles. The molecule has 2 nitrogen and oxygen atoms in total. The lowest BCUT2D eigenvalue weighted by atomic mass is 9.98. The number of carboxylic acids is 1. The van der Waals surface area contributed by atoms with E-state index in [1.54, 1.807) is 11.8 Å². The predicted molar refractivity (Wildman–Crippen MR) is 62.8 cm³/mol. The van der Waals surface area contributed by atoms with Crippen molar-refractivity contribution in [2.75, 3.05) is 5.75 Å². The van der Waals surface area contributed by atoms with Crippen molar-refractivity contribution in [3.63, 3.8) is 0 Å². The van der Waals surface area contributed by atoms with E-state index in [0.717, 1.165) is 12.2 Å². The van der Waals surface area contributed by atoms with Gasteiger partial charge in [0.15, 0.2) is 0 Å². The Balaban J connectivity index is 4.32. The van der Waals surface area contributed by atoms with Gasteiger partial charge in [-0.2, -0.15) is 0 Å². The molecule has 0 bridgehead atoms. The number of thioether (sulfide) groups is 1. The normalized spacial score (nSPS) is 15.9. The van der Waals surface area contributed by atoms with Crippen molar-refractivity contribution < 1.29 is 9.90 Å². The lowest BCUT2D eigenvalue weighted by Crippen LogP contribution is -2.33. The van der Waals surface area contributed by atoms with Crippen LogP contribution in [0.5, 0.6) is 0 Å². The van der Waals surface area contributed by atoms with E-state index >= 15 is 0 Å². The zero-order valence-electron chi connectivity index (χ0n) is 9.83. The van der Waals surface area contributed by atoms with E-state index in [1.165, 1.54) is 0 Å². The van der Waals surface area contributed by atoms with Crippen LogP contribution in [0.2, 0.25) is 0 Å². The molecule has 3 heteroatoms. The topological polar surface area (TPSA) is 37.3 Å². The van der Waals surface area contributed by atoms with Gasteiger partial charge in [0.05, 0.1) is 0 Å². The average Bonchev–Trinajstić information content (AvgIpc) is 1.99. The average molecular weight is 218 g/mol. The molecule has 0 spiro atoms. The van der Waals surface area contributed by atoms with E-state index in [1.807, 2.05) is 6.92 Å². The largest absolute Gasteiger partial charge is 0.480 e. The van der Waals surface area contributed by atoms with E-state index in [4.69, 9.17) is 0 Å². The summed E-state index contributed by atoms with van der Waals surface area (Å²) >= 11 is 1.57. The highest BCUT2D eigenvalue weighted by Crippen LogP contribution is 2.33. The minimum Gasteiger partial charge on any atom is -0.480 e. The van der Waals surface area contributed by atoms with Gasteiger partial charge in [0.2, 0.25) is 0 Å². The molecular formula is C11H22O2S. The van der Waals surface area contributed by atoms with Crippen LogP contribution in [0.4, 0.5) is 0 Å². The highest BCUT2D eigenvalue weighted by Gasteiger charge is 2.34. The fourth-order valence-electron chi connectivity index (χ4n) is 1.34. The Morgan fingerprint density at radius 3 is 2.07 bits per heavy atom. The summed E-state index contributed by atoms with van der Waals surface area (Å²) in [6.07, 6.45) is 0.736. The lowest BCUT2D eigenvalue weighted by molar-refractivity contribution is -0.139. The first kappa shape index (κ1) is 13.8. The summed E-state index contributed by atoms with van der Waals surface area (Å²) in [5.74, 6) is 1.20. The molecule has 0 aromatic heterocycles. The summed E-state index contributed by atoms with van der Waals surface area (Å²) in [6, 6.07) is 0. The first-order chi connectivity index (χ1) is 6.28. The third-order valence-electron chi connectivity index (χ3n) is 1.99. The molecule has 0 rings (SSSR count). The summed E-state index contributed by atoms with van der Waals surface area (Å²) in [5.41, 5.74) is 0. The van der Waals surface area contributed by atoms with Crippen molar-refractivity contribution in [3.05, 3.63) is 0 Å². The van der Waals surface area contributed by atoms with Crippen molar-refractivity contribution in [1.82, 2.24) is 0 Å². The Labute approximate surface area is 91.5 Å². The molecule has 1 N–H and O–H groups in total. The van der Waals surface area contributed by atoms with Crippen molar-refractivity contribution in [3.8, 4) is 0 Å². The van der Waals surface area contributed by atoms with Crippen LogP contribution < -0.4 is 0 Å². The molecule has 0 amide bonds. The summed E-state index contributed by atoms with van der Waals surface area (Å²) in [7, 11) is 0. The van der Waals surface area contributed by atoms with Crippen molar-refractivity contribution >= 4 is 17.7 Å². The number of carbonyl (C=O) groups is 1. The Morgan fingerprint density at radius 2 is 1.79 bits per heavy atom. The summed E-state index contributed by atoms with van der Waals surface area (Å²) in [6.45, 7) is 10.2. The summed E-state index contributed by atoms with van der Waals surface area (Å²) < 4.78 is -0.613. The molecular weight excluding hydrogens is 196 g/mol. The predicted octanol–water partition coefficient (Wildman–Crippen LogP) is 3.27. The van der Waals surface area contributed by atoms with E-state index in [2.05, 4.69) is 27.7 Å². The minimum atomic E-state index is -0.683. The van der Waals surface area contributed by atoms with Crippen LogP contribution >= 0.6 is 11.8 Å². The number of rotatable bonds is 6. The molecule has 0 aromatic rings. The fourth-order valence-corrected chi connectivity index (χ4v) is 2.61. The molecule has 0 heterocycles. The molecule has 1 unspecified atom stereocenters. The van der Waals surface area contributed by atoms with Gasteiger partial charge in [-0.1, -0.05) is 27.7 Å². The van der Waals surface area contributed by atoms with Gasteiger partial charge in [0.1, 0.15) is 4.75 Å². The molecule has 14 heavy (non-hydrogen) atoms. The van der Waals surface area contributed by atoms with Crippen LogP contribution in [0.25, 0.3) is 0 Å². The van der Waals surface area contributed by atoms with Crippen molar-refractivity contribution in [2.45, 2.75) is 45.8 Å². The SMILES string of the molecule is CC(C)CSC(C)(CC(C)C)C(=O)O. The second-order valence-corrected chi connectivity index (χ2v) is 6.36. The third kappa shape index (κ3) is 4.89. The van der Waals surface area contributed by atoms with Crippen LogP contribution in [0.1, 0.15) is 41.0 Å².